The maximum atomic E-state index is 12.3. The molecule has 1 aromatic rings. The summed E-state index contributed by atoms with van der Waals surface area (Å²) in [4.78, 5) is 16.9. The van der Waals surface area contributed by atoms with E-state index in [0.717, 1.165) is 25.9 Å². The number of thiophene rings is 1. The number of amides is 2. The molecule has 1 unspecified atom stereocenters. The van der Waals surface area contributed by atoms with Crippen molar-refractivity contribution in [3.05, 3.63) is 21.4 Å². The fraction of sp³-hybridized carbons (Fsp3) is 0.667. The van der Waals surface area contributed by atoms with Crippen LogP contribution in [0.15, 0.2) is 6.07 Å². The number of nitrogens with one attached hydrogen (secondary N) is 1. The molecule has 1 atom stereocenters. The zero-order chi connectivity index (χ0) is 13.8. The molecule has 4 heteroatoms. The Labute approximate surface area is 120 Å². The monoisotopic (exact) mass is 280 g/mol. The lowest BCUT2D eigenvalue weighted by atomic mass is 10.1. The Kier molecular flexibility index (Phi) is 4.86. The number of hydrogen-bond donors (Lipinski definition) is 1. The molecule has 0 spiro atoms. The van der Waals surface area contributed by atoms with Gasteiger partial charge in [-0.1, -0.05) is 12.8 Å². The van der Waals surface area contributed by atoms with Crippen LogP contribution in [0.1, 0.15) is 54.0 Å². The van der Waals surface area contributed by atoms with E-state index < -0.39 is 0 Å². The van der Waals surface area contributed by atoms with Crippen molar-refractivity contribution in [3.63, 3.8) is 0 Å². The van der Waals surface area contributed by atoms with E-state index in [9.17, 15) is 4.79 Å². The summed E-state index contributed by atoms with van der Waals surface area (Å²) in [7, 11) is 0. The zero-order valence-electron chi connectivity index (χ0n) is 12.2. The summed E-state index contributed by atoms with van der Waals surface area (Å²) in [5.41, 5.74) is 1.26. The third-order valence-electron chi connectivity index (χ3n) is 3.78. The first-order valence-corrected chi connectivity index (χ1v) is 8.02. The predicted octanol–water partition coefficient (Wildman–Crippen LogP) is 4.01. The van der Waals surface area contributed by atoms with Crippen molar-refractivity contribution in [1.29, 1.82) is 0 Å². The highest BCUT2D eigenvalue weighted by Crippen LogP contribution is 2.26. The van der Waals surface area contributed by atoms with Crippen LogP contribution in [0.2, 0.25) is 0 Å². The molecule has 2 amide bonds. The van der Waals surface area contributed by atoms with Crippen molar-refractivity contribution in [2.24, 2.45) is 0 Å². The van der Waals surface area contributed by atoms with Crippen LogP contribution >= 0.6 is 11.3 Å². The average Bonchev–Trinajstić information content (AvgIpc) is 2.58. The summed E-state index contributed by atoms with van der Waals surface area (Å²) in [6.45, 7) is 8.12. The molecule has 0 bridgehead atoms. The molecule has 106 valence electrons. The normalized spacial score (nSPS) is 17.9. The van der Waals surface area contributed by atoms with E-state index in [-0.39, 0.29) is 12.1 Å². The Morgan fingerprint density at radius 1 is 1.26 bits per heavy atom. The lowest BCUT2D eigenvalue weighted by Gasteiger charge is -2.23. The summed E-state index contributed by atoms with van der Waals surface area (Å²) in [5.74, 6) is 0. The summed E-state index contributed by atoms with van der Waals surface area (Å²) in [6.07, 6.45) is 4.78. The molecule has 1 aromatic heterocycles. The average molecular weight is 280 g/mol. The van der Waals surface area contributed by atoms with Gasteiger partial charge in [-0.3, -0.25) is 0 Å². The zero-order valence-corrected chi connectivity index (χ0v) is 13.0. The maximum absolute atomic E-state index is 12.3. The van der Waals surface area contributed by atoms with E-state index in [1.165, 1.54) is 28.2 Å². The highest BCUT2D eigenvalue weighted by atomic mass is 32.1. The van der Waals surface area contributed by atoms with Gasteiger partial charge in [0.1, 0.15) is 0 Å². The molecule has 0 radical (unpaired) electrons. The number of carbonyl (C=O) groups is 1. The Morgan fingerprint density at radius 2 is 1.89 bits per heavy atom. The first-order valence-electron chi connectivity index (χ1n) is 7.20. The maximum Gasteiger partial charge on any atom is 0.317 e. The molecule has 1 aliphatic heterocycles. The van der Waals surface area contributed by atoms with Crippen LogP contribution in [0.25, 0.3) is 0 Å². The number of likely N-dealkylation sites (tertiary alicyclic amines) is 1. The van der Waals surface area contributed by atoms with E-state index in [1.807, 2.05) is 4.90 Å². The van der Waals surface area contributed by atoms with Gasteiger partial charge in [0, 0.05) is 22.8 Å². The number of rotatable bonds is 2. The number of aryl methyl sites for hydroxylation is 2. The van der Waals surface area contributed by atoms with Crippen LogP contribution in [0.3, 0.4) is 0 Å². The first kappa shape index (κ1) is 14.4. The molecule has 1 fully saturated rings. The molecule has 0 saturated carbocycles. The van der Waals surface area contributed by atoms with Crippen molar-refractivity contribution in [3.8, 4) is 0 Å². The standard InChI is InChI=1S/C15H24N2OS/c1-11-10-14(13(3)19-11)12(2)16-15(18)17-8-6-4-5-7-9-17/h10,12H,4-9H2,1-3H3,(H,16,18). The topological polar surface area (TPSA) is 32.3 Å². The van der Waals surface area contributed by atoms with Crippen molar-refractivity contribution in [2.75, 3.05) is 13.1 Å². The van der Waals surface area contributed by atoms with Gasteiger partial charge >= 0.3 is 6.03 Å². The molecule has 2 heterocycles. The van der Waals surface area contributed by atoms with Crippen LogP contribution in [0.4, 0.5) is 4.79 Å². The molecule has 0 aromatic carbocycles. The van der Waals surface area contributed by atoms with Crippen molar-refractivity contribution in [2.45, 2.75) is 52.5 Å². The van der Waals surface area contributed by atoms with Gasteiger partial charge in [-0.25, -0.2) is 4.79 Å². The molecule has 0 aliphatic carbocycles. The lowest BCUT2D eigenvalue weighted by Crippen LogP contribution is -2.41. The van der Waals surface area contributed by atoms with E-state index >= 15 is 0 Å². The Balaban J connectivity index is 1.96. The molecule has 1 N–H and O–H groups in total. The number of nitrogens with zero attached hydrogens (tertiary/aromatic N) is 1. The molecular weight excluding hydrogens is 256 g/mol. The first-order chi connectivity index (χ1) is 9.08. The molecule has 1 aliphatic rings. The van der Waals surface area contributed by atoms with Gasteiger partial charge in [0.05, 0.1) is 6.04 Å². The molecular formula is C15H24N2OS. The number of hydrogen-bond acceptors (Lipinski definition) is 2. The minimum atomic E-state index is 0.0950. The van der Waals surface area contributed by atoms with Gasteiger partial charge < -0.3 is 10.2 Å². The number of carbonyl (C=O) groups excluding carboxylic acids is 1. The highest BCUT2D eigenvalue weighted by Gasteiger charge is 2.19. The quantitative estimate of drug-likeness (QED) is 0.872. The van der Waals surface area contributed by atoms with E-state index in [0.29, 0.717) is 0 Å². The summed E-state index contributed by atoms with van der Waals surface area (Å²) >= 11 is 1.80. The second-order valence-corrected chi connectivity index (χ2v) is 6.90. The second-order valence-electron chi connectivity index (χ2n) is 5.44. The Morgan fingerprint density at radius 3 is 2.42 bits per heavy atom. The summed E-state index contributed by atoms with van der Waals surface area (Å²) < 4.78 is 0. The van der Waals surface area contributed by atoms with Gasteiger partial charge in [-0.15, -0.1) is 11.3 Å². The van der Waals surface area contributed by atoms with Crippen LogP contribution in [-0.2, 0) is 0 Å². The fourth-order valence-corrected chi connectivity index (χ4v) is 3.73. The van der Waals surface area contributed by atoms with Crippen molar-refractivity contribution >= 4 is 17.4 Å². The second kappa shape index (κ2) is 6.42. The smallest absolute Gasteiger partial charge is 0.317 e. The number of urea groups is 1. The molecule has 19 heavy (non-hydrogen) atoms. The van der Waals surface area contributed by atoms with Crippen LogP contribution in [0.5, 0.6) is 0 Å². The highest BCUT2D eigenvalue weighted by molar-refractivity contribution is 7.12. The third kappa shape index (κ3) is 3.72. The van der Waals surface area contributed by atoms with Gasteiger partial charge in [0.2, 0.25) is 0 Å². The van der Waals surface area contributed by atoms with Gasteiger partial charge in [-0.2, -0.15) is 0 Å². The van der Waals surface area contributed by atoms with E-state index in [1.54, 1.807) is 11.3 Å². The van der Waals surface area contributed by atoms with Crippen LogP contribution < -0.4 is 5.32 Å². The summed E-state index contributed by atoms with van der Waals surface area (Å²) in [5, 5.41) is 3.14. The lowest BCUT2D eigenvalue weighted by molar-refractivity contribution is 0.196. The summed E-state index contributed by atoms with van der Waals surface area (Å²) in [6, 6.07) is 2.38. The van der Waals surface area contributed by atoms with Crippen LogP contribution in [0, 0.1) is 13.8 Å². The molecule has 2 rings (SSSR count). The van der Waals surface area contributed by atoms with Gasteiger partial charge in [-0.05, 0) is 45.2 Å². The van der Waals surface area contributed by atoms with E-state index in [4.69, 9.17) is 0 Å². The van der Waals surface area contributed by atoms with Gasteiger partial charge in [0.25, 0.3) is 0 Å². The molecule has 1 saturated heterocycles. The fourth-order valence-electron chi connectivity index (χ4n) is 2.71. The third-order valence-corrected chi connectivity index (χ3v) is 4.76. The molecule has 3 nitrogen and oxygen atoms in total. The van der Waals surface area contributed by atoms with Crippen molar-refractivity contribution in [1.82, 2.24) is 10.2 Å². The minimum Gasteiger partial charge on any atom is -0.331 e. The van der Waals surface area contributed by atoms with E-state index in [2.05, 4.69) is 32.2 Å². The minimum absolute atomic E-state index is 0.0950. The Bertz CT molecular complexity index is 433. The predicted molar refractivity (Wildman–Crippen MR) is 80.8 cm³/mol. The SMILES string of the molecule is Cc1cc(C(C)NC(=O)N2CCCCCC2)c(C)s1. The van der Waals surface area contributed by atoms with Gasteiger partial charge in [0.15, 0.2) is 0 Å². The van der Waals surface area contributed by atoms with Crippen LogP contribution in [-0.4, -0.2) is 24.0 Å². The van der Waals surface area contributed by atoms with Crippen molar-refractivity contribution < 1.29 is 4.79 Å². The Hall–Kier alpha value is -1.03. The largest absolute Gasteiger partial charge is 0.331 e.